The summed E-state index contributed by atoms with van der Waals surface area (Å²) in [6.07, 6.45) is 13.6. The molecular weight excluding hydrogens is 292 g/mol. The highest BCUT2D eigenvalue weighted by Gasteiger charge is 1.94. The lowest BCUT2D eigenvalue weighted by atomic mass is 10.1. The van der Waals surface area contributed by atoms with Gasteiger partial charge in [-0.2, -0.15) is 10.8 Å². The Morgan fingerprint density at radius 2 is 0.792 bits per heavy atom. The average molecular weight is 304 g/mol. The van der Waals surface area contributed by atoms with Gasteiger partial charge in [-0.05, 0) is 72.9 Å². The molecule has 0 unspecified atom stereocenters. The molecule has 0 amide bonds. The lowest BCUT2D eigenvalue weighted by Gasteiger charge is -1.94. The molecule has 1 aromatic rings. The van der Waals surface area contributed by atoms with Crippen molar-refractivity contribution in [1.29, 1.82) is 0 Å². The maximum atomic E-state index is 9.25. The average Bonchev–Trinajstić information content (AvgIpc) is 2.62. The fourth-order valence-corrected chi connectivity index (χ4v) is 2.02. The molecular formula is C22H12N2. The van der Waals surface area contributed by atoms with Crippen LogP contribution in [0.5, 0.6) is 0 Å². The topological polar surface area (TPSA) is 44.6 Å². The molecule has 0 aromatic heterocycles. The molecule has 2 heteroatoms. The first kappa shape index (κ1) is 15.3. The SMILES string of the molecule is [N]=C1C=CC(=C=C=c2ccc(=C=C=C3C=CC(=[N])C=C3)cc2)C=C1. The van der Waals surface area contributed by atoms with Crippen LogP contribution in [0.1, 0.15) is 0 Å². The van der Waals surface area contributed by atoms with E-state index in [1.165, 1.54) is 0 Å². The number of benzene rings is 1. The monoisotopic (exact) mass is 304 g/mol. The predicted molar refractivity (Wildman–Crippen MR) is 97.4 cm³/mol. The molecule has 0 bridgehead atoms. The van der Waals surface area contributed by atoms with Crippen molar-refractivity contribution in [3.63, 3.8) is 0 Å². The van der Waals surface area contributed by atoms with Gasteiger partial charge in [-0.25, -0.2) is 0 Å². The minimum atomic E-state index is 0.233. The van der Waals surface area contributed by atoms with E-state index < -0.39 is 0 Å². The van der Waals surface area contributed by atoms with Crippen molar-refractivity contribution in [3.8, 4) is 0 Å². The van der Waals surface area contributed by atoms with E-state index in [0.29, 0.717) is 0 Å². The van der Waals surface area contributed by atoms with Crippen LogP contribution in [0.4, 0.5) is 0 Å². The number of hydrogen-bond donors (Lipinski definition) is 0. The van der Waals surface area contributed by atoms with E-state index in [1.807, 2.05) is 24.3 Å². The van der Waals surface area contributed by atoms with Gasteiger partial charge >= 0.3 is 0 Å². The van der Waals surface area contributed by atoms with E-state index in [9.17, 15) is 10.8 Å². The molecule has 0 heterocycles. The van der Waals surface area contributed by atoms with Gasteiger partial charge in [0.25, 0.3) is 0 Å². The summed E-state index contributed by atoms with van der Waals surface area (Å²) in [5, 5.41) is 20.3. The van der Waals surface area contributed by atoms with Gasteiger partial charge < -0.3 is 0 Å². The van der Waals surface area contributed by atoms with Crippen LogP contribution < -0.4 is 21.3 Å². The van der Waals surface area contributed by atoms with Gasteiger partial charge in [-0.1, -0.05) is 22.9 Å². The van der Waals surface area contributed by atoms with Gasteiger partial charge in [0.2, 0.25) is 0 Å². The smallest absolute Gasteiger partial charge is 0.0857 e. The van der Waals surface area contributed by atoms with Crippen molar-refractivity contribution in [1.82, 2.24) is 10.8 Å². The van der Waals surface area contributed by atoms with Crippen LogP contribution in [-0.4, -0.2) is 11.4 Å². The second kappa shape index (κ2) is 7.09. The first-order chi connectivity index (χ1) is 11.7. The van der Waals surface area contributed by atoms with Gasteiger partial charge in [0.05, 0.1) is 11.4 Å². The Kier molecular flexibility index (Phi) is 4.52. The molecule has 0 N–H and O–H groups in total. The maximum Gasteiger partial charge on any atom is 0.0857 e. The van der Waals surface area contributed by atoms with Crippen LogP contribution in [0.2, 0.25) is 0 Å². The van der Waals surface area contributed by atoms with E-state index in [4.69, 9.17) is 0 Å². The maximum absolute atomic E-state index is 9.25. The van der Waals surface area contributed by atoms with Crippen LogP contribution in [0.3, 0.4) is 0 Å². The Hall–Kier alpha value is -3.62. The fourth-order valence-electron chi connectivity index (χ4n) is 2.02. The van der Waals surface area contributed by atoms with E-state index in [2.05, 4.69) is 22.9 Å². The first-order valence-electron chi connectivity index (χ1n) is 7.41. The standard InChI is InChI=1S/C22H12N2/c23-21-13-9-19(10-14-21)7-5-17-1-2-18(4-3-17)6-8-20-11-15-22(24)16-12-20/h1-4,9-16H. The van der Waals surface area contributed by atoms with Gasteiger partial charge in [0.15, 0.2) is 0 Å². The van der Waals surface area contributed by atoms with Gasteiger partial charge in [-0.3, -0.25) is 0 Å². The van der Waals surface area contributed by atoms with Gasteiger partial charge in [0.1, 0.15) is 0 Å². The Balaban J connectivity index is 1.98. The Morgan fingerprint density at radius 3 is 1.12 bits per heavy atom. The molecule has 110 valence electrons. The third-order valence-electron chi connectivity index (χ3n) is 3.32. The molecule has 0 saturated carbocycles. The molecule has 2 nitrogen and oxygen atoms in total. The van der Waals surface area contributed by atoms with Crippen LogP contribution >= 0.6 is 0 Å². The zero-order valence-corrected chi connectivity index (χ0v) is 12.8. The van der Waals surface area contributed by atoms with Crippen molar-refractivity contribution >= 4 is 22.9 Å². The van der Waals surface area contributed by atoms with Crippen LogP contribution in [0.15, 0.2) is 95.5 Å². The highest BCUT2D eigenvalue weighted by atomic mass is 14.4. The summed E-state index contributed by atoms with van der Waals surface area (Å²) in [6, 6.07) is 7.70. The predicted octanol–water partition coefficient (Wildman–Crippen LogP) is 1.34. The third-order valence-corrected chi connectivity index (χ3v) is 3.32. The molecule has 1 aromatic carbocycles. The summed E-state index contributed by atoms with van der Waals surface area (Å²) < 4.78 is 0. The minimum Gasteiger partial charge on any atom is -0.151 e. The lowest BCUT2D eigenvalue weighted by Crippen LogP contribution is -2.04. The largest absolute Gasteiger partial charge is 0.151 e. The molecule has 3 rings (SSSR count). The summed E-state index contributed by atoms with van der Waals surface area (Å²) in [5.74, 6) is 0. The second-order valence-corrected chi connectivity index (χ2v) is 5.17. The zero-order valence-electron chi connectivity index (χ0n) is 12.8. The van der Waals surface area contributed by atoms with Crippen molar-refractivity contribution < 1.29 is 0 Å². The molecule has 2 radical (unpaired) electrons. The third kappa shape index (κ3) is 4.19. The minimum absolute atomic E-state index is 0.233. The number of nitrogens with zero attached hydrogens (tertiary/aromatic N) is 2. The molecule has 0 aliphatic heterocycles. The second-order valence-electron chi connectivity index (χ2n) is 5.17. The Morgan fingerprint density at radius 1 is 0.458 bits per heavy atom. The first-order valence-corrected chi connectivity index (χ1v) is 7.41. The lowest BCUT2D eigenvalue weighted by molar-refractivity contribution is 1.56. The number of allylic oxidation sites excluding steroid dienone is 10. The van der Waals surface area contributed by atoms with Crippen molar-refractivity contribution in [2.45, 2.75) is 0 Å². The van der Waals surface area contributed by atoms with E-state index in [1.54, 1.807) is 48.6 Å². The summed E-state index contributed by atoms with van der Waals surface area (Å²) in [7, 11) is 0. The molecule has 0 spiro atoms. The number of hydrogen-bond acceptors (Lipinski definition) is 0. The quantitative estimate of drug-likeness (QED) is 0.650. The Bertz CT molecular complexity index is 960. The normalized spacial score (nSPS) is 15.0. The molecule has 0 saturated heterocycles. The van der Waals surface area contributed by atoms with Gasteiger partial charge in [0, 0.05) is 21.6 Å². The summed E-state index contributed by atoms with van der Waals surface area (Å²) in [4.78, 5) is 0. The summed E-state index contributed by atoms with van der Waals surface area (Å²) in [5.41, 5.74) is 14.4. The van der Waals surface area contributed by atoms with Crippen LogP contribution in [-0.2, 0) is 0 Å². The molecule has 2 aliphatic rings. The van der Waals surface area contributed by atoms with E-state index in [-0.39, 0.29) is 11.4 Å². The van der Waals surface area contributed by atoms with Gasteiger partial charge in [-0.15, -0.1) is 0 Å². The van der Waals surface area contributed by atoms with E-state index >= 15 is 0 Å². The molecule has 0 atom stereocenters. The van der Waals surface area contributed by atoms with E-state index in [0.717, 1.165) is 21.6 Å². The van der Waals surface area contributed by atoms with Crippen LogP contribution in [0.25, 0.3) is 11.5 Å². The molecule has 24 heavy (non-hydrogen) atoms. The molecule has 0 fully saturated rings. The summed E-state index contributed by atoms with van der Waals surface area (Å²) in [6.45, 7) is 0. The zero-order chi connectivity index (χ0) is 16.8. The summed E-state index contributed by atoms with van der Waals surface area (Å²) >= 11 is 0. The molecule has 2 aliphatic carbocycles. The van der Waals surface area contributed by atoms with Crippen molar-refractivity contribution in [3.05, 3.63) is 106 Å². The van der Waals surface area contributed by atoms with Crippen LogP contribution in [0, 0.1) is 0 Å². The highest BCUT2D eigenvalue weighted by molar-refractivity contribution is 6.04. The van der Waals surface area contributed by atoms with Crippen molar-refractivity contribution in [2.75, 3.05) is 0 Å². The highest BCUT2D eigenvalue weighted by Crippen LogP contribution is 2.03. The Labute approximate surface area is 140 Å². The van der Waals surface area contributed by atoms with Crippen molar-refractivity contribution in [2.24, 2.45) is 0 Å². The fraction of sp³-hybridized carbons (Fsp3) is 0. The number of rotatable bonds is 0.